The van der Waals surface area contributed by atoms with Gasteiger partial charge in [0, 0.05) is 0 Å². The molecule has 2 aromatic carbocycles. The minimum Gasteiger partial charge on any atom is -0.486 e. The molecule has 4 heteroatoms. The van der Waals surface area contributed by atoms with Crippen LogP contribution in [0.3, 0.4) is 0 Å². The van der Waals surface area contributed by atoms with Crippen LogP contribution in [0.4, 0.5) is 13.2 Å². The third kappa shape index (κ3) is 3.91. The molecular weight excluding hydrogens is 373 g/mol. The molecule has 4 unspecified atom stereocenters. The van der Waals surface area contributed by atoms with E-state index in [0.29, 0.717) is 16.9 Å². The lowest BCUT2D eigenvalue weighted by molar-refractivity contribution is 0.123. The zero-order valence-corrected chi connectivity index (χ0v) is 17.2. The summed E-state index contributed by atoms with van der Waals surface area (Å²) in [4.78, 5) is 0. The molecule has 0 aromatic heterocycles. The largest absolute Gasteiger partial charge is 0.486 e. The summed E-state index contributed by atoms with van der Waals surface area (Å²) >= 11 is 0. The molecule has 0 aliphatic heterocycles. The van der Waals surface area contributed by atoms with Crippen LogP contribution in [0.5, 0.6) is 5.75 Å². The van der Waals surface area contributed by atoms with E-state index in [1.807, 2.05) is 6.92 Å². The van der Waals surface area contributed by atoms with Gasteiger partial charge in [-0.15, -0.1) is 0 Å². The van der Waals surface area contributed by atoms with Crippen molar-refractivity contribution in [1.29, 1.82) is 0 Å². The summed E-state index contributed by atoms with van der Waals surface area (Å²) in [6.45, 7) is 4.33. The predicted molar refractivity (Wildman–Crippen MR) is 111 cm³/mol. The van der Waals surface area contributed by atoms with Gasteiger partial charge in [0.1, 0.15) is 6.61 Å². The van der Waals surface area contributed by atoms with Gasteiger partial charge in [-0.05, 0) is 85.8 Å². The summed E-state index contributed by atoms with van der Waals surface area (Å²) in [5.74, 6) is -0.772. The second kappa shape index (κ2) is 8.41. The summed E-state index contributed by atoms with van der Waals surface area (Å²) in [5, 5.41) is 0.0820. The number of fused-ring (bicyclic) bond motifs is 2. The second-order valence-electron chi connectivity index (χ2n) is 8.90. The van der Waals surface area contributed by atoms with Crippen molar-refractivity contribution in [3.8, 4) is 5.75 Å². The van der Waals surface area contributed by atoms with Gasteiger partial charge in [-0.25, -0.2) is 13.2 Å². The maximum Gasteiger partial charge on any atom is 0.175 e. The Balaban J connectivity index is 1.64. The van der Waals surface area contributed by atoms with E-state index in [1.54, 1.807) is 24.3 Å². The normalized spacial score (nSPS) is 27.3. The highest BCUT2D eigenvalue weighted by Crippen LogP contribution is 2.48. The van der Waals surface area contributed by atoms with Gasteiger partial charge in [-0.1, -0.05) is 31.6 Å². The monoisotopic (exact) mass is 402 g/mol. The zero-order chi connectivity index (χ0) is 20.5. The van der Waals surface area contributed by atoms with E-state index >= 15 is 4.39 Å². The van der Waals surface area contributed by atoms with Gasteiger partial charge < -0.3 is 4.74 Å². The molecule has 0 N–H and O–H groups in total. The van der Waals surface area contributed by atoms with E-state index in [9.17, 15) is 8.78 Å². The zero-order valence-electron chi connectivity index (χ0n) is 17.2. The Bertz CT molecular complexity index is 920. The van der Waals surface area contributed by atoms with Crippen LogP contribution in [0.1, 0.15) is 63.9 Å². The Labute approximate surface area is 170 Å². The first-order valence-corrected chi connectivity index (χ1v) is 10.8. The van der Waals surface area contributed by atoms with Crippen LogP contribution in [0, 0.1) is 35.2 Å². The van der Waals surface area contributed by atoms with Crippen molar-refractivity contribution < 1.29 is 17.9 Å². The molecule has 4 rings (SSSR count). The fraction of sp³-hybridized carbons (Fsp3) is 0.520. The molecule has 1 nitrogen and oxygen atoms in total. The van der Waals surface area contributed by atoms with Gasteiger partial charge in [-0.2, -0.15) is 0 Å². The van der Waals surface area contributed by atoms with Crippen molar-refractivity contribution in [2.75, 3.05) is 6.61 Å². The minimum absolute atomic E-state index is 0.0113. The maximum absolute atomic E-state index is 15.0. The van der Waals surface area contributed by atoms with Crippen LogP contribution in [0.15, 0.2) is 30.4 Å². The molecular formula is C25H29F3O. The van der Waals surface area contributed by atoms with E-state index in [-0.39, 0.29) is 23.7 Å². The number of allylic oxidation sites excluding steroid dienone is 1. The van der Waals surface area contributed by atoms with Gasteiger partial charge in [-0.3, -0.25) is 0 Å². The Hall–Kier alpha value is -1.97. The van der Waals surface area contributed by atoms with Gasteiger partial charge in [0.25, 0.3) is 0 Å². The topological polar surface area (TPSA) is 9.23 Å². The molecule has 0 bridgehead atoms. The van der Waals surface area contributed by atoms with E-state index in [4.69, 9.17) is 4.74 Å². The Morgan fingerprint density at radius 2 is 1.72 bits per heavy atom. The molecule has 4 atom stereocenters. The van der Waals surface area contributed by atoms with E-state index in [0.717, 1.165) is 31.1 Å². The third-order valence-electron chi connectivity index (χ3n) is 7.00. The summed E-state index contributed by atoms with van der Waals surface area (Å²) in [6, 6.07) is 4.79. The number of hydrogen-bond acceptors (Lipinski definition) is 1. The molecule has 2 aromatic rings. The lowest BCUT2D eigenvalue weighted by atomic mass is 9.64. The Kier molecular flexibility index (Phi) is 5.89. The molecule has 2 saturated carbocycles. The van der Waals surface area contributed by atoms with Gasteiger partial charge in [0.15, 0.2) is 23.2 Å². The third-order valence-corrected chi connectivity index (χ3v) is 7.00. The number of rotatable bonds is 4. The summed E-state index contributed by atoms with van der Waals surface area (Å²) in [6.07, 6.45) is 10.0. The number of halogens is 3. The minimum atomic E-state index is -1.09. The average Bonchev–Trinajstić information content (AvgIpc) is 2.72. The standard InChI is InChI=1S/C25H29F3O/c1-3-4-11-29-21-10-9-19-14-20(23(26)25(28)22(19)24(21)27)18-8-7-16-12-15(2)5-6-17(16)13-18/h3-4,9-10,14-18H,5-8,11-13H2,1-2H3/b4-3+. The smallest absolute Gasteiger partial charge is 0.175 e. The van der Waals surface area contributed by atoms with Gasteiger partial charge in [0.05, 0.1) is 5.39 Å². The van der Waals surface area contributed by atoms with E-state index in [1.165, 1.54) is 25.3 Å². The van der Waals surface area contributed by atoms with E-state index in [2.05, 4.69) is 6.92 Å². The molecule has 2 aliphatic carbocycles. The first kappa shape index (κ1) is 20.3. The molecule has 29 heavy (non-hydrogen) atoms. The maximum atomic E-state index is 15.0. The molecule has 2 aliphatic rings. The number of ether oxygens (including phenoxy) is 1. The van der Waals surface area contributed by atoms with E-state index < -0.39 is 17.5 Å². The van der Waals surface area contributed by atoms with Crippen molar-refractivity contribution >= 4 is 10.8 Å². The van der Waals surface area contributed by atoms with Crippen molar-refractivity contribution in [1.82, 2.24) is 0 Å². The van der Waals surface area contributed by atoms with Crippen molar-refractivity contribution in [2.24, 2.45) is 17.8 Å². The Morgan fingerprint density at radius 1 is 0.966 bits per heavy atom. The molecule has 0 saturated heterocycles. The van der Waals surface area contributed by atoms with Crippen LogP contribution in [-0.4, -0.2) is 6.61 Å². The highest BCUT2D eigenvalue weighted by Gasteiger charge is 2.36. The highest BCUT2D eigenvalue weighted by molar-refractivity contribution is 5.86. The second-order valence-corrected chi connectivity index (χ2v) is 8.90. The van der Waals surface area contributed by atoms with Crippen LogP contribution < -0.4 is 4.74 Å². The highest BCUT2D eigenvalue weighted by atomic mass is 19.2. The molecule has 2 fully saturated rings. The number of benzene rings is 2. The fourth-order valence-corrected chi connectivity index (χ4v) is 5.43. The lowest BCUT2D eigenvalue weighted by Gasteiger charge is -2.41. The van der Waals surface area contributed by atoms with Crippen LogP contribution in [0.25, 0.3) is 10.8 Å². The fourth-order valence-electron chi connectivity index (χ4n) is 5.43. The molecule has 156 valence electrons. The van der Waals surface area contributed by atoms with Crippen molar-refractivity contribution in [3.63, 3.8) is 0 Å². The predicted octanol–water partition coefficient (Wildman–Crippen LogP) is 7.53. The molecule has 0 amide bonds. The van der Waals surface area contributed by atoms with Gasteiger partial charge in [0.2, 0.25) is 0 Å². The van der Waals surface area contributed by atoms with Crippen molar-refractivity contribution in [3.05, 3.63) is 53.4 Å². The first-order valence-electron chi connectivity index (χ1n) is 10.8. The average molecular weight is 403 g/mol. The summed E-state index contributed by atoms with van der Waals surface area (Å²) in [5.41, 5.74) is 0.411. The van der Waals surface area contributed by atoms with Crippen LogP contribution >= 0.6 is 0 Å². The summed E-state index contributed by atoms with van der Waals surface area (Å²) < 4.78 is 50.1. The first-order chi connectivity index (χ1) is 14.0. The van der Waals surface area contributed by atoms with Gasteiger partial charge >= 0.3 is 0 Å². The van der Waals surface area contributed by atoms with Crippen LogP contribution in [0.2, 0.25) is 0 Å². The molecule has 0 radical (unpaired) electrons. The van der Waals surface area contributed by atoms with Crippen molar-refractivity contribution in [2.45, 2.75) is 58.3 Å². The molecule has 0 heterocycles. The Morgan fingerprint density at radius 3 is 2.52 bits per heavy atom. The SMILES string of the molecule is C/C=C/COc1ccc2cc(C3CCC4CC(C)CCC4C3)c(F)c(F)c2c1F. The quantitative estimate of drug-likeness (QED) is 0.480. The summed E-state index contributed by atoms with van der Waals surface area (Å²) in [7, 11) is 0. The number of hydrogen-bond donors (Lipinski definition) is 0. The lowest BCUT2D eigenvalue weighted by Crippen LogP contribution is -2.30. The molecule has 0 spiro atoms. The van der Waals surface area contributed by atoms with Crippen LogP contribution in [-0.2, 0) is 0 Å².